The van der Waals surface area contributed by atoms with Gasteiger partial charge in [0.05, 0.1) is 10.6 Å². The number of nitrogens with one attached hydrogen (secondary N) is 1. The molecule has 2 aromatic heterocycles. The standard InChI is InChI=1S/C25H24ClN3OS2/c1-4-21(23(30)29-20-8-6-5-7-18(20)15(2)3)32-25-22-19(13-31-24(22)27-14-28-25)16-9-11-17(26)12-10-16/h5-15,21H,4H2,1-3H3,(H,29,30). The highest BCUT2D eigenvalue weighted by atomic mass is 35.5. The Hall–Kier alpha value is -2.41. The number of fused-ring (bicyclic) bond motifs is 1. The molecule has 2 heterocycles. The van der Waals surface area contributed by atoms with Crippen molar-refractivity contribution in [2.24, 2.45) is 0 Å². The lowest BCUT2D eigenvalue weighted by atomic mass is 10.0. The number of rotatable bonds is 7. The fraction of sp³-hybridized carbons (Fsp3) is 0.240. The lowest BCUT2D eigenvalue weighted by Gasteiger charge is -2.18. The van der Waals surface area contributed by atoms with Crippen molar-refractivity contribution in [3.05, 3.63) is 70.8 Å². The smallest absolute Gasteiger partial charge is 0.237 e. The van der Waals surface area contributed by atoms with Crippen LogP contribution in [0.25, 0.3) is 21.3 Å². The molecule has 0 spiro atoms. The van der Waals surface area contributed by atoms with Gasteiger partial charge in [-0.3, -0.25) is 4.79 Å². The zero-order chi connectivity index (χ0) is 22.7. The van der Waals surface area contributed by atoms with E-state index in [1.54, 1.807) is 17.7 Å². The number of carbonyl (C=O) groups is 1. The van der Waals surface area contributed by atoms with Crippen LogP contribution >= 0.6 is 34.7 Å². The van der Waals surface area contributed by atoms with Gasteiger partial charge >= 0.3 is 0 Å². The molecule has 7 heteroatoms. The van der Waals surface area contributed by atoms with Crippen molar-refractivity contribution in [3.8, 4) is 11.1 Å². The summed E-state index contributed by atoms with van der Waals surface area (Å²) in [5.41, 5.74) is 4.12. The van der Waals surface area contributed by atoms with Crippen LogP contribution in [-0.4, -0.2) is 21.1 Å². The number of nitrogens with zero attached hydrogens (tertiary/aromatic N) is 2. The van der Waals surface area contributed by atoms with Gasteiger partial charge in [0.15, 0.2) is 0 Å². The molecular weight excluding hydrogens is 458 g/mol. The molecule has 164 valence electrons. The summed E-state index contributed by atoms with van der Waals surface area (Å²) in [4.78, 5) is 23.1. The predicted octanol–water partition coefficient (Wildman–Crippen LogP) is 7.64. The van der Waals surface area contributed by atoms with Gasteiger partial charge in [-0.2, -0.15) is 0 Å². The zero-order valence-electron chi connectivity index (χ0n) is 18.1. The predicted molar refractivity (Wildman–Crippen MR) is 137 cm³/mol. The van der Waals surface area contributed by atoms with Crippen molar-refractivity contribution in [1.29, 1.82) is 0 Å². The summed E-state index contributed by atoms with van der Waals surface area (Å²) in [5, 5.41) is 7.46. The second-order valence-electron chi connectivity index (χ2n) is 7.76. The highest BCUT2D eigenvalue weighted by molar-refractivity contribution is 8.00. The molecule has 0 aliphatic heterocycles. The van der Waals surface area contributed by atoms with Crippen molar-refractivity contribution in [2.45, 2.75) is 43.4 Å². The molecule has 1 N–H and O–H groups in total. The Morgan fingerprint density at radius 2 is 1.88 bits per heavy atom. The molecule has 0 aliphatic carbocycles. The fourth-order valence-electron chi connectivity index (χ4n) is 3.56. The van der Waals surface area contributed by atoms with Crippen LogP contribution in [0.3, 0.4) is 0 Å². The quantitative estimate of drug-likeness (QED) is 0.217. The van der Waals surface area contributed by atoms with Crippen molar-refractivity contribution < 1.29 is 4.79 Å². The minimum atomic E-state index is -0.272. The molecule has 0 fully saturated rings. The third-order valence-corrected chi connectivity index (χ3v) is 7.75. The van der Waals surface area contributed by atoms with Gasteiger partial charge < -0.3 is 5.32 Å². The number of anilines is 1. The molecule has 4 rings (SSSR count). The normalized spacial score (nSPS) is 12.3. The number of thiophene rings is 1. The highest BCUT2D eigenvalue weighted by Gasteiger charge is 2.23. The lowest BCUT2D eigenvalue weighted by molar-refractivity contribution is -0.115. The number of hydrogen-bond donors (Lipinski definition) is 1. The summed E-state index contributed by atoms with van der Waals surface area (Å²) in [5.74, 6) is 0.314. The van der Waals surface area contributed by atoms with E-state index in [2.05, 4.69) is 40.6 Å². The number of benzene rings is 2. The Labute approximate surface area is 201 Å². The van der Waals surface area contributed by atoms with Gasteiger partial charge in [0.1, 0.15) is 16.2 Å². The number of thioether (sulfide) groups is 1. The van der Waals surface area contributed by atoms with E-state index in [1.807, 2.05) is 49.4 Å². The van der Waals surface area contributed by atoms with Gasteiger partial charge in [-0.25, -0.2) is 9.97 Å². The average molecular weight is 482 g/mol. The van der Waals surface area contributed by atoms with Crippen LogP contribution in [0.2, 0.25) is 5.02 Å². The first-order valence-corrected chi connectivity index (χ1v) is 12.7. The summed E-state index contributed by atoms with van der Waals surface area (Å²) >= 11 is 9.15. The molecule has 4 nitrogen and oxygen atoms in total. The summed E-state index contributed by atoms with van der Waals surface area (Å²) in [6.07, 6.45) is 2.26. The van der Waals surface area contributed by atoms with E-state index >= 15 is 0 Å². The van der Waals surface area contributed by atoms with Gasteiger partial charge in [0, 0.05) is 21.7 Å². The van der Waals surface area contributed by atoms with E-state index in [1.165, 1.54) is 11.8 Å². The van der Waals surface area contributed by atoms with Crippen LogP contribution in [0.5, 0.6) is 0 Å². The van der Waals surface area contributed by atoms with Gasteiger partial charge in [0.25, 0.3) is 0 Å². The molecule has 4 aromatic rings. The van der Waals surface area contributed by atoms with Crippen LogP contribution in [-0.2, 0) is 4.79 Å². The number of para-hydroxylation sites is 1. The van der Waals surface area contributed by atoms with Crippen molar-refractivity contribution in [1.82, 2.24) is 9.97 Å². The largest absolute Gasteiger partial charge is 0.325 e. The fourth-order valence-corrected chi connectivity index (χ4v) is 5.70. The monoisotopic (exact) mass is 481 g/mol. The molecule has 0 saturated carbocycles. The molecule has 0 aliphatic rings. The first-order valence-electron chi connectivity index (χ1n) is 10.5. The molecule has 32 heavy (non-hydrogen) atoms. The average Bonchev–Trinajstić information content (AvgIpc) is 3.23. The molecule has 1 atom stereocenters. The van der Waals surface area contributed by atoms with E-state index in [0.29, 0.717) is 17.4 Å². The van der Waals surface area contributed by atoms with Gasteiger partial charge in [-0.1, -0.05) is 74.5 Å². The first kappa shape index (κ1) is 22.8. The number of aromatic nitrogens is 2. The minimum Gasteiger partial charge on any atom is -0.325 e. The van der Waals surface area contributed by atoms with E-state index in [4.69, 9.17) is 11.6 Å². The van der Waals surface area contributed by atoms with E-state index in [9.17, 15) is 4.79 Å². The van der Waals surface area contributed by atoms with Crippen LogP contribution in [0.15, 0.2) is 65.3 Å². The maximum atomic E-state index is 13.2. The summed E-state index contributed by atoms with van der Waals surface area (Å²) in [6, 6.07) is 15.7. The summed E-state index contributed by atoms with van der Waals surface area (Å²) < 4.78 is 0. The second kappa shape index (κ2) is 10.0. The molecule has 1 amide bonds. The van der Waals surface area contributed by atoms with Crippen molar-refractivity contribution >= 4 is 56.5 Å². The lowest BCUT2D eigenvalue weighted by Crippen LogP contribution is -2.25. The summed E-state index contributed by atoms with van der Waals surface area (Å²) in [7, 11) is 0. The number of carbonyl (C=O) groups excluding carboxylic acids is 1. The van der Waals surface area contributed by atoms with Crippen molar-refractivity contribution in [3.63, 3.8) is 0 Å². The zero-order valence-corrected chi connectivity index (χ0v) is 20.5. The Bertz CT molecular complexity index is 1240. The maximum absolute atomic E-state index is 13.2. The summed E-state index contributed by atoms with van der Waals surface area (Å²) in [6.45, 7) is 6.28. The number of amides is 1. The van der Waals surface area contributed by atoms with E-state index in [-0.39, 0.29) is 11.2 Å². The van der Waals surface area contributed by atoms with Crippen molar-refractivity contribution in [2.75, 3.05) is 5.32 Å². The van der Waals surface area contributed by atoms with Gasteiger partial charge in [0.2, 0.25) is 5.91 Å². The molecule has 0 bridgehead atoms. The van der Waals surface area contributed by atoms with Crippen LogP contribution in [0.4, 0.5) is 5.69 Å². The number of halogens is 1. The van der Waals surface area contributed by atoms with Gasteiger partial charge in [-0.15, -0.1) is 11.3 Å². The Morgan fingerprint density at radius 1 is 1.12 bits per heavy atom. The maximum Gasteiger partial charge on any atom is 0.237 e. The molecule has 2 aromatic carbocycles. The highest BCUT2D eigenvalue weighted by Crippen LogP contribution is 2.40. The topological polar surface area (TPSA) is 54.9 Å². The third kappa shape index (κ3) is 4.82. The second-order valence-corrected chi connectivity index (χ2v) is 10.2. The number of hydrogen-bond acceptors (Lipinski definition) is 5. The van der Waals surface area contributed by atoms with Crippen LogP contribution in [0, 0.1) is 0 Å². The Balaban J connectivity index is 1.64. The Morgan fingerprint density at radius 3 is 2.59 bits per heavy atom. The first-order chi connectivity index (χ1) is 15.5. The molecule has 0 saturated heterocycles. The Kier molecular flexibility index (Phi) is 7.13. The van der Waals surface area contributed by atoms with E-state index in [0.717, 1.165) is 37.6 Å². The third-order valence-electron chi connectivity index (χ3n) is 5.25. The SMILES string of the molecule is CCC(Sc1ncnc2scc(-c3ccc(Cl)cc3)c12)C(=O)Nc1ccccc1C(C)C. The van der Waals surface area contributed by atoms with Gasteiger partial charge in [-0.05, 0) is 41.7 Å². The van der Waals surface area contributed by atoms with Crippen LogP contribution in [0.1, 0.15) is 38.7 Å². The molecule has 1 unspecified atom stereocenters. The molecular formula is C25H24ClN3OS2. The van der Waals surface area contributed by atoms with E-state index < -0.39 is 0 Å². The van der Waals surface area contributed by atoms with Crippen LogP contribution < -0.4 is 5.32 Å². The minimum absolute atomic E-state index is 0.0133. The molecule has 0 radical (unpaired) electrons.